The summed E-state index contributed by atoms with van der Waals surface area (Å²) in [7, 11) is 2.19. The van der Waals surface area contributed by atoms with Crippen LogP contribution in [-0.2, 0) is 12.8 Å². The van der Waals surface area contributed by atoms with Crippen LogP contribution >= 0.6 is 0 Å². The molecule has 0 radical (unpaired) electrons. The van der Waals surface area contributed by atoms with Gasteiger partial charge in [-0.1, -0.05) is 6.92 Å². The van der Waals surface area contributed by atoms with Crippen LogP contribution in [0.25, 0.3) is 0 Å². The molecule has 2 N–H and O–H groups in total. The monoisotopic (exact) mass is 208 g/mol. The Morgan fingerprint density at radius 1 is 1.60 bits per heavy atom. The first-order valence-electron chi connectivity index (χ1n) is 5.73. The molecule has 1 aliphatic rings. The minimum Gasteiger partial charge on any atom is -0.346 e. The summed E-state index contributed by atoms with van der Waals surface area (Å²) in [5.41, 5.74) is 1.23. The number of hydrogen-bond acceptors (Lipinski definition) is 3. The van der Waals surface area contributed by atoms with Crippen LogP contribution in [-0.4, -0.2) is 47.6 Å². The molecule has 0 bridgehead atoms. The normalized spacial score (nSPS) is 23.2. The molecule has 1 unspecified atom stereocenters. The van der Waals surface area contributed by atoms with E-state index >= 15 is 0 Å². The van der Waals surface area contributed by atoms with Gasteiger partial charge in [0.1, 0.15) is 5.82 Å². The van der Waals surface area contributed by atoms with Crippen LogP contribution in [0.3, 0.4) is 0 Å². The molecule has 1 aromatic rings. The van der Waals surface area contributed by atoms with Crippen molar-refractivity contribution in [3.8, 4) is 0 Å². The summed E-state index contributed by atoms with van der Waals surface area (Å²) in [4.78, 5) is 10.2. The Balaban J connectivity index is 1.95. The van der Waals surface area contributed by atoms with Gasteiger partial charge in [0, 0.05) is 44.0 Å². The van der Waals surface area contributed by atoms with Crippen LogP contribution in [0, 0.1) is 0 Å². The minimum absolute atomic E-state index is 0.578. The highest BCUT2D eigenvalue weighted by molar-refractivity contribution is 5.02. The van der Waals surface area contributed by atoms with Crippen molar-refractivity contribution >= 4 is 0 Å². The quantitative estimate of drug-likeness (QED) is 0.756. The highest BCUT2D eigenvalue weighted by Gasteiger charge is 2.19. The Labute approximate surface area is 91.1 Å². The van der Waals surface area contributed by atoms with Gasteiger partial charge in [0.2, 0.25) is 0 Å². The molecule has 0 amide bonds. The van der Waals surface area contributed by atoms with Gasteiger partial charge in [-0.3, -0.25) is 0 Å². The molecule has 1 aromatic heterocycles. The SMILES string of the molecule is CCc1cnc(CC2CNCCN2C)[nH]1. The molecule has 1 saturated heterocycles. The van der Waals surface area contributed by atoms with Gasteiger partial charge in [-0.05, 0) is 13.5 Å². The lowest BCUT2D eigenvalue weighted by Crippen LogP contribution is -2.50. The average molecular weight is 208 g/mol. The fourth-order valence-corrected chi connectivity index (χ4v) is 2.00. The van der Waals surface area contributed by atoms with E-state index in [1.165, 1.54) is 5.69 Å². The molecular formula is C11H20N4. The number of rotatable bonds is 3. The first-order valence-corrected chi connectivity index (χ1v) is 5.73. The number of likely N-dealkylation sites (N-methyl/N-ethyl adjacent to an activating group) is 1. The number of imidazole rings is 1. The highest BCUT2D eigenvalue weighted by Crippen LogP contribution is 2.07. The number of aryl methyl sites for hydroxylation is 1. The van der Waals surface area contributed by atoms with Gasteiger partial charge in [0.15, 0.2) is 0 Å². The van der Waals surface area contributed by atoms with Gasteiger partial charge in [-0.25, -0.2) is 4.98 Å². The third-order valence-corrected chi connectivity index (χ3v) is 3.14. The Hall–Kier alpha value is -0.870. The van der Waals surface area contributed by atoms with Gasteiger partial charge >= 0.3 is 0 Å². The van der Waals surface area contributed by atoms with E-state index in [4.69, 9.17) is 0 Å². The van der Waals surface area contributed by atoms with Crippen LogP contribution in [0.4, 0.5) is 0 Å². The number of nitrogens with one attached hydrogen (secondary N) is 2. The van der Waals surface area contributed by atoms with Crippen molar-refractivity contribution in [3.63, 3.8) is 0 Å². The number of hydrogen-bond donors (Lipinski definition) is 2. The van der Waals surface area contributed by atoms with Crippen LogP contribution in [0.1, 0.15) is 18.4 Å². The van der Waals surface area contributed by atoms with Crippen molar-refractivity contribution in [1.82, 2.24) is 20.2 Å². The lowest BCUT2D eigenvalue weighted by molar-refractivity contribution is 0.197. The van der Waals surface area contributed by atoms with Gasteiger partial charge in [-0.2, -0.15) is 0 Å². The van der Waals surface area contributed by atoms with Crippen LogP contribution in [0.2, 0.25) is 0 Å². The molecule has 4 nitrogen and oxygen atoms in total. The third-order valence-electron chi connectivity index (χ3n) is 3.14. The topological polar surface area (TPSA) is 44.0 Å². The van der Waals surface area contributed by atoms with Gasteiger partial charge < -0.3 is 15.2 Å². The molecule has 2 heterocycles. The molecule has 15 heavy (non-hydrogen) atoms. The van der Waals surface area contributed by atoms with Gasteiger partial charge in [0.05, 0.1) is 0 Å². The van der Waals surface area contributed by atoms with Gasteiger partial charge in [-0.15, -0.1) is 0 Å². The Kier molecular flexibility index (Phi) is 3.38. The summed E-state index contributed by atoms with van der Waals surface area (Å²) in [6, 6.07) is 0.578. The number of nitrogens with zero attached hydrogens (tertiary/aromatic N) is 2. The molecule has 1 aliphatic heterocycles. The van der Waals surface area contributed by atoms with E-state index in [0.717, 1.165) is 38.3 Å². The van der Waals surface area contributed by atoms with Crippen molar-refractivity contribution in [2.24, 2.45) is 0 Å². The minimum atomic E-state index is 0.578. The maximum Gasteiger partial charge on any atom is 0.107 e. The summed E-state index contributed by atoms with van der Waals surface area (Å²) in [6.45, 7) is 5.45. The molecule has 0 aliphatic carbocycles. The summed E-state index contributed by atoms with van der Waals surface area (Å²) in [5, 5.41) is 3.42. The lowest BCUT2D eigenvalue weighted by Gasteiger charge is -2.32. The molecule has 1 atom stereocenters. The third kappa shape index (κ3) is 2.58. The Morgan fingerprint density at radius 2 is 2.47 bits per heavy atom. The van der Waals surface area contributed by atoms with E-state index in [1.54, 1.807) is 0 Å². The fourth-order valence-electron chi connectivity index (χ4n) is 2.00. The largest absolute Gasteiger partial charge is 0.346 e. The summed E-state index contributed by atoms with van der Waals surface area (Å²) in [5.74, 6) is 1.12. The number of piperazine rings is 1. The first kappa shape index (κ1) is 10.6. The van der Waals surface area contributed by atoms with E-state index in [9.17, 15) is 0 Å². The molecule has 0 saturated carbocycles. The number of aromatic nitrogens is 2. The zero-order valence-corrected chi connectivity index (χ0v) is 9.58. The summed E-state index contributed by atoms with van der Waals surface area (Å²) < 4.78 is 0. The van der Waals surface area contributed by atoms with Crippen molar-refractivity contribution in [2.75, 3.05) is 26.7 Å². The van der Waals surface area contributed by atoms with Crippen molar-refractivity contribution in [3.05, 3.63) is 17.7 Å². The standard InChI is InChI=1S/C11H20N4/c1-3-9-7-13-11(14-9)6-10-8-12-4-5-15(10)2/h7,10,12H,3-6,8H2,1-2H3,(H,13,14). The van der Waals surface area contributed by atoms with E-state index in [0.29, 0.717) is 6.04 Å². The molecule has 2 rings (SSSR count). The molecule has 0 aromatic carbocycles. The molecule has 4 heteroatoms. The van der Waals surface area contributed by atoms with Gasteiger partial charge in [0.25, 0.3) is 0 Å². The predicted molar refractivity (Wildman–Crippen MR) is 61.0 cm³/mol. The smallest absolute Gasteiger partial charge is 0.107 e. The van der Waals surface area contributed by atoms with Crippen LogP contribution < -0.4 is 5.32 Å². The second-order valence-electron chi connectivity index (χ2n) is 4.25. The Bertz CT molecular complexity index is 307. The maximum atomic E-state index is 4.41. The van der Waals surface area contributed by atoms with Crippen molar-refractivity contribution in [2.45, 2.75) is 25.8 Å². The molecule has 1 fully saturated rings. The van der Waals surface area contributed by atoms with E-state index in [2.05, 4.69) is 34.2 Å². The van der Waals surface area contributed by atoms with Crippen LogP contribution in [0.15, 0.2) is 6.20 Å². The Morgan fingerprint density at radius 3 is 3.13 bits per heavy atom. The maximum absolute atomic E-state index is 4.41. The zero-order chi connectivity index (χ0) is 10.7. The highest BCUT2D eigenvalue weighted by atomic mass is 15.2. The molecule has 0 spiro atoms. The number of H-pyrrole nitrogens is 1. The first-order chi connectivity index (χ1) is 7.29. The predicted octanol–water partition coefficient (Wildman–Crippen LogP) is 0.418. The van der Waals surface area contributed by atoms with E-state index in [1.807, 2.05) is 6.20 Å². The summed E-state index contributed by atoms with van der Waals surface area (Å²) >= 11 is 0. The van der Waals surface area contributed by atoms with Crippen molar-refractivity contribution in [1.29, 1.82) is 0 Å². The van der Waals surface area contributed by atoms with E-state index in [-0.39, 0.29) is 0 Å². The second-order valence-corrected chi connectivity index (χ2v) is 4.25. The number of aromatic amines is 1. The van der Waals surface area contributed by atoms with Crippen LogP contribution in [0.5, 0.6) is 0 Å². The van der Waals surface area contributed by atoms with Crippen molar-refractivity contribution < 1.29 is 0 Å². The molecule has 84 valence electrons. The zero-order valence-electron chi connectivity index (χ0n) is 9.58. The fraction of sp³-hybridized carbons (Fsp3) is 0.727. The lowest BCUT2D eigenvalue weighted by atomic mass is 10.1. The second kappa shape index (κ2) is 4.77. The molecular weight excluding hydrogens is 188 g/mol. The van der Waals surface area contributed by atoms with E-state index < -0.39 is 0 Å². The summed E-state index contributed by atoms with van der Waals surface area (Å²) in [6.07, 6.45) is 4.00. The average Bonchev–Trinajstić information content (AvgIpc) is 2.69.